The molecule has 2 rings (SSSR count). The van der Waals surface area contributed by atoms with Crippen molar-refractivity contribution in [1.29, 1.82) is 0 Å². The molecular weight excluding hydrogens is 266 g/mol. The smallest absolute Gasteiger partial charge is 0.217 e. The van der Waals surface area contributed by atoms with Gasteiger partial charge in [0.15, 0.2) is 15.6 Å². The van der Waals surface area contributed by atoms with E-state index in [4.69, 9.17) is 10.5 Å². The Morgan fingerprint density at radius 2 is 2.00 bits per heavy atom. The topological polar surface area (TPSA) is 87.2 Å². The van der Waals surface area contributed by atoms with Crippen molar-refractivity contribution < 1.29 is 13.2 Å². The highest BCUT2D eigenvalue weighted by atomic mass is 32.2. The molecule has 0 bridgehead atoms. The van der Waals surface area contributed by atoms with Gasteiger partial charge in [-0.25, -0.2) is 13.1 Å². The van der Waals surface area contributed by atoms with E-state index < -0.39 is 9.84 Å². The highest BCUT2D eigenvalue weighted by Crippen LogP contribution is 2.29. The van der Waals surface area contributed by atoms with Gasteiger partial charge < -0.3 is 10.5 Å². The van der Waals surface area contributed by atoms with Crippen LogP contribution in [0.5, 0.6) is 11.6 Å². The van der Waals surface area contributed by atoms with Gasteiger partial charge in [0.2, 0.25) is 5.88 Å². The predicted octanol–water partition coefficient (Wildman–Crippen LogP) is 1.51. The van der Waals surface area contributed by atoms with Crippen LogP contribution in [0.1, 0.15) is 5.69 Å². The molecule has 0 fully saturated rings. The maximum absolute atomic E-state index is 11.4. The van der Waals surface area contributed by atoms with E-state index in [2.05, 4.69) is 5.10 Å². The molecule has 6 nitrogen and oxygen atoms in total. The fourth-order valence-electron chi connectivity index (χ4n) is 1.65. The van der Waals surface area contributed by atoms with E-state index in [9.17, 15) is 8.42 Å². The molecule has 1 aromatic heterocycles. The van der Waals surface area contributed by atoms with Gasteiger partial charge >= 0.3 is 0 Å². The maximum atomic E-state index is 11.4. The zero-order chi connectivity index (χ0) is 14.2. The normalized spacial score (nSPS) is 11.5. The molecule has 0 aliphatic carbocycles. The first-order chi connectivity index (χ1) is 8.77. The number of aromatic nitrogens is 2. The van der Waals surface area contributed by atoms with Gasteiger partial charge in [0.25, 0.3) is 0 Å². The molecule has 19 heavy (non-hydrogen) atoms. The molecule has 7 heteroatoms. The first-order valence-corrected chi connectivity index (χ1v) is 7.44. The second kappa shape index (κ2) is 4.58. The Bertz CT molecular complexity index is 720. The van der Waals surface area contributed by atoms with E-state index in [1.54, 1.807) is 17.8 Å². The standard InChI is InChI=1S/C12H15N3O3S/c1-8-6-12(15(2)14-8)18-11-5-4-9(7-10(11)13)19(3,16)17/h4-7H,13H2,1-3H3. The van der Waals surface area contributed by atoms with Crippen LogP contribution in [0.3, 0.4) is 0 Å². The Balaban J connectivity index is 2.35. The molecule has 2 aromatic rings. The number of rotatable bonds is 3. The minimum absolute atomic E-state index is 0.165. The van der Waals surface area contributed by atoms with E-state index >= 15 is 0 Å². The van der Waals surface area contributed by atoms with Crippen molar-refractivity contribution >= 4 is 15.5 Å². The van der Waals surface area contributed by atoms with Crippen LogP contribution in [0.25, 0.3) is 0 Å². The Hall–Kier alpha value is -2.02. The first kappa shape index (κ1) is 13.4. The number of nitrogens with two attached hydrogens (primary N) is 1. The molecule has 0 atom stereocenters. The molecule has 1 aromatic carbocycles. The lowest BCUT2D eigenvalue weighted by Crippen LogP contribution is -2.01. The Morgan fingerprint density at radius 1 is 1.32 bits per heavy atom. The number of hydrogen-bond donors (Lipinski definition) is 1. The summed E-state index contributed by atoms with van der Waals surface area (Å²) in [5.74, 6) is 0.937. The number of anilines is 1. The quantitative estimate of drug-likeness (QED) is 0.862. The third kappa shape index (κ3) is 2.87. The van der Waals surface area contributed by atoms with E-state index in [0.717, 1.165) is 11.9 Å². The SMILES string of the molecule is Cc1cc(Oc2ccc(S(C)(=O)=O)cc2N)n(C)n1. The van der Waals surface area contributed by atoms with Gasteiger partial charge in [0.1, 0.15) is 0 Å². The highest BCUT2D eigenvalue weighted by molar-refractivity contribution is 7.90. The van der Waals surface area contributed by atoms with Crippen LogP contribution in [0, 0.1) is 6.92 Å². The number of nitrogen functional groups attached to an aromatic ring is 1. The zero-order valence-electron chi connectivity index (χ0n) is 10.9. The molecule has 2 N–H and O–H groups in total. The van der Waals surface area contributed by atoms with E-state index in [0.29, 0.717) is 11.6 Å². The van der Waals surface area contributed by atoms with Gasteiger partial charge in [-0.05, 0) is 25.1 Å². The van der Waals surface area contributed by atoms with Gasteiger partial charge in [-0.2, -0.15) is 5.10 Å². The molecule has 0 spiro atoms. The number of benzene rings is 1. The second-order valence-corrected chi connectivity index (χ2v) is 6.34. The molecule has 0 radical (unpaired) electrons. The summed E-state index contributed by atoms with van der Waals surface area (Å²) in [7, 11) is -1.52. The largest absolute Gasteiger partial charge is 0.437 e. The lowest BCUT2D eigenvalue weighted by atomic mass is 10.3. The minimum Gasteiger partial charge on any atom is -0.437 e. The average Bonchev–Trinajstić information content (AvgIpc) is 2.59. The van der Waals surface area contributed by atoms with Crippen molar-refractivity contribution in [3.63, 3.8) is 0 Å². The van der Waals surface area contributed by atoms with Crippen molar-refractivity contribution in [3.05, 3.63) is 30.0 Å². The summed E-state index contributed by atoms with van der Waals surface area (Å²) in [5, 5.41) is 4.15. The van der Waals surface area contributed by atoms with Gasteiger partial charge in [0, 0.05) is 19.4 Å². The Morgan fingerprint density at radius 3 is 2.47 bits per heavy atom. The summed E-state index contributed by atoms with van der Waals surface area (Å²) in [6.07, 6.45) is 1.13. The van der Waals surface area contributed by atoms with Gasteiger partial charge in [0.05, 0.1) is 16.3 Å². The Labute approximate surface area is 111 Å². The summed E-state index contributed by atoms with van der Waals surface area (Å²) in [6.45, 7) is 1.85. The molecule has 0 amide bonds. The number of aryl methyl sites for hydroxylation is 2. The molecule has 0 saturated heterocycles. The van der Waals surface area contributed by atoms with Gasteiger partial charge in [-0.1, -0.05) is 0 Å². The van der Waals surface area contributed by atoms with Crippen molar-refractivity contribution in [3.8, 4) is 11.6 Å². The lowest BCUT2D eigenvalue weighted by Gasteiger charge is -2.09. The fraction of sp³-hybridized carbons (Fsp3) is 0.250. The monoisotopic (exact) mass is 281 g/mol. The summed E-state index contributed by atoms with van der Waals surface area (Å²) < 4.78 is 30.0. The van der Waals surface area contributed by atoms with Crippen LogP contribution in [-0.2, 0) is 16.9 Å². The summed E-state index contributed by atoms with van der Waals surface area (Å²) in [6, 6.07) is 6.15. The third-order valence-electron chi connectivity index (χ3n) is 2.58. The van der Waals surface area contributed by atoms with Crippen molar-refractivity contribution in [2.45, 2.75) is 11.8 Å². The van der Waals surface area contributed by atoms with Crippen LogP contribution >= 0.6 is 0 Å². The molecule has 0 aliphatic rings. The lowest BCUT2D eigenvalue weighted by molar-refractivity contribution is 0.432. The fourth-order valence-corrected chi connectivity index (χ4v) is 2.30. The summed E-state index contributed by atoms with van der Waals surface area (Å²) >= 11 is 0. The van der Waals surface area contributed by atoms with E-state index in [1.165, 1.54) is 18.2 Å². The van der Waals surface area contributed by atoms with Crippen molar-refractivity contribution in [2.24, 2.45) is 7.05 Å². The number of nitrogens with zero attached hydrogens (tertiary/aromatic N) is 2. The summed E-state index contributed by atoms with van der Waals surface area (Å²) in [4.78, 5) is 0.165. The van der Waals surface area contributed by atoms with Gasteiger partial charge in [-0.15, -0.1) is 0 Å². The minimum atomic E-state index is -3.27. The maximum Gasteiger partial charge on any atom is 0.217 e. The molecular formula is C12H15N3O3S. The molecule has 0 saturated carbocycles. The number of ether oxygens (including phenoxy) is 1. The van der Waals surface area contributed by atoms with Gasteiger partial charge in [-0.3, -0.25) is 0 Å². The van der Waals surface area contributed by atoms with E-state index in [1.807, 2.05) is 6.92 Å². The summed E-state index contributed by atoms with van der Waals surface area (Å²) in [5.41, 5.74) is 6.89. The second-order valence-electron chi connectivity index (χ2n) is 4.32. The van der Waals surface area contributed by atoms with Crippen molar-refractivity contribution in [2.75, 3.05) is 12.0 Å². The molecule has 102 valence electrons. The van der Waals surface area contributed by atoms with Crippen LogP contribution in [-0.4, -0.2) is 24.5 Å². The van der Waals surface area contributed by atoms with Crippen LogP contribution < -0.4 is 10.5 Å². The van der Waals surface area contributed by atoms with E-state index in [-0.39, 0.29) is 10.6 Å². The first-order valence-electron chi connectivity index (χ1n) is 5.55. The van der Waals surface area contributed by atoms with Crippen molar-refractivity contribution in [1.82, 2.24) is 9.78 Å². The molecule has 0 unspecified atom stereocenters. The highest BCUT2D eigenvalue weighted by Gasteiger charge is 2.12. The molecule has 1 heterocycles. The zero-order valence-corrected chi connectivity index (χ0v) is 11.7. The van der Waals surface area contributed by atoms with Crippen LogP contribution in [0.4, 0.5) is 5.69 Å². The predicted molar refractivity (Wildman–Crippen MR) is 72.0 cm³/mol. The third-order valence-corrected chi connectivity index (χ3v) is 3.69. The van der Waals surface area contributed by atoms with Crippen LogP contribution in [0.2, 0.25) is 0 Å². The number of hydrogen-bond acceptors (Lipinski definition) is 5. The average molecular weight is 281 g/mol. The Kier molecular flexibility index (Phi) is 3.23. The molecule has 0 aliphatic heterocycles. The number of sulfone groups is 1. The van der Waals surface area contributed by atoms with Crippen LogP contribution in [0.15, 0.2) is 29.2 Å².